The molecule has 0 aliphatic heterocycles. The van der Waals surface area contributed by atoms with Gasteiger partial charge in [0.1, 0.15) is 23.9 Å². The van der Waals surface area contributed by atoms with Crippen LogP contribution >= 0.6 is 0 Å². The smallest absolute Gasteiger partial charge is 0.264 e. The molecule has 0 bridgehead atoms. The van der Waals surface area contributed by atoms with Gasteiger partial charge in [0.25, 0.3) is 10.0 Å². The van der Waals surface area contributed by atoms with Crippen molar-refractivity contribution >= 4 is 21.6 Å². The van der Waals surface area contributed by atoms with E-state index < -0.39 is 28.3 Å². The Morgan fingerprint density at radius 2 is 1.65 bits per heavy atom. The Bertz CT molecular complexity index is 1250. The number of anilines is 1. The van der Waals surface area contributed by atoms with E-state index in [-0.39, 0.29) is 10.6 Å². The van der Waals surface area contributed by atoms with Crippen LogP contribution in [0.25, 0.3) is 0 Å². The molecule has 0 radical (unpaired) electrons. The Kier molecular flexibility index (Phi) is 10.3. The third-order valence-corrected chi connectivity index (χ3v) is 7.29. The number of sulfonamides is 1. The van der Waals surface area contributed by atoms with E-state index in [2.05, 4.69) is 5.32 Å². The average molecular weight is 529 g/mol. The van der Waals surface area contributed by atoms with Crippen molar-refractivity contribution in [2.45, 2.75) is 38.0 Å². The van der Waals surface area contributed by atoms with Crippen LogP contribution in [0.1, 0.15) is 32.3 Å². The lowest BCUT2D eigenvalue weighted by molar-refractivity contribution is -0.119. The van der Waals surface area contributed by atoms with Crippen molar-refractivity contribution in [2.24, 2.45) is 0 Å². The molecule has 0 fully saturated rings. The highest BCUT2D eigenvalue weighted by Crippen LogP contribution is 2.25. The standard InChI is InChI=1S/C28H33FN2O5S/c1-3-20-36-27-10-6-5-8-22(27)9-7-19-30-28(32)21-31(24-13-11-23(29)12-14-24)37(33,34)26-17-15-25(16-18-26)35-4-2/h5-6,8,10-18H,3-4,7,9,19-21H2,1-2H3,(H,30,32). The normalized spacial score (nSPS) is 11.1. The van der Waals surface area contributed by atoms with Gasteiger partial charge in [0.2, 0.25) is 5.91 Å². The summed E-state index contributed by atoms with van der Waals surface area (Å²) in [6.45, 7) is 4.88. The van der Waals surface area contributed by atoms with Gasteiger partial charge in [-0.15, -0.1) is 0 Å². The molecule has 0 aliphatic rings. The van der Waals surface area contributed by atoms with E-state index in [0.717, 1.165) is 34.2 Å². The van der Waals surface area contributed by atoms with Crippen molar-refractivity contribution in [3.05, 3.63) is 84.2 Å². The van der Waals surface area contributed by atoms with Gasteiger partial charge in [-0.05, 0) is 86.3 Å². The van der Waals surface area contributed by atoms with Crippen LogP contribution in [0.5, 0.6) is 11.5 Å². The van der Waals surface area contributed by atoms with Crippen molar-refractivity contribution in [1.82, 2.24) is 5.32 Å². The topological polar surface area (TPSA) is 84.9 Å². The first-order valence-electron chi connectivity index (χ1n) is 12.3. The fourth-order valence-corrected chi connectivity index (χ4v) is 5.10. The predicted molar refractivity (Wildman–Crippen MR) is 142 cm³/mol. The van der Waals surface area contributed by atoms with Crippen LogP contribution in [-0.4, -0.2) is 40.6 Å². The lowest BCUT2D eigenvalue weighted by Gasteiger charge is -2.24. The van der Waals surface area contributed by atoms with Crippen molar-refractivity contribution in [1.29, 1.82) is 0 Å². The second kappa shape index (κ2) is 13.6. The van der Waals surface area contributed by atoms with E-state index in [1.165, 1.54) is 24.3 Å². The average Bonchev–Trinajstić information content (AvgIpc) is 2.90. The number of ether oxygens (including phenoxy) is 2. The lowest BCUT2D eigenvalue weighted by Crippen LogP contribution is -2.41. The summed E-state index contributed by atoms with van der Waals surface area (Å²) < 4.78 is 52.6. The van der Waals surface area contributed by atoms with Crippen LogP contribution in [0.3, 0.4) is 0 Å². The summed E-state index contributed by atoms with van der Waals surface area (Å²) in [4.78, 5) is 12.8. The van der Waals surface area contributed by atoms with Gasteiger partial charge in [-0.2, -0.15) is 0 Å². The number of carbonyl (C=O) groups excluding carboxylic acids is 1. The molecule has 0 unspecified atom stereocenters. The number of para-hydroxylation sites is 1. The molecule has 0 atom stereocenters. The summed E-state index contributed by atoms with van der Waals surface area (Å²) in [6.07, 6.45) is 2.27. The van der Waals surface area contributed by atoms with Crippen LogP contribution in [-0.2, 0) is 21.2 Å². The van der Waals surface area contributed by atoms with Crippen LogP contribution in [0, 0.1) is 5.82 Å². The van der Waals surface area contributed by atoms with E-state index in [1.807, 2.05) is 38.1 Å². The number of amides is 1. The molecular formula is C28H33FN2O5S. The van der Waals surface area contributed by atoms with Gasteiger partial charge in [-0.25, -0.2) is 12.8 Å². The van der Waals surface area contributed by atoms with E-state index in [0.29, 0.717) is 38.3 Å². The summed E-state index contributed by atoms with van der Waals surface area (Å²) >= 11 is 0. The molecule has 0 saturated heterocycles. The highest BCUT2D eigenvalue weighted by molar-refractivity contribution is 7.92. The molecule has 7 nitrogen and oxygen atoms in total. The zero-order valence-corrected chi connectivity index (χ0v) is 22.0. The number of hydrogen-bond acceptors (Lipinski definition) is 5. The molecule has 0 aliphatic carbocycles. The minimum atomic E-state index is -4.10. The highest BCUT2D eigenvalue weighted by Gasteiger charge is 2.27. The van der Waals surface area contributed by atoms with Crippen molar-refractivity contribution in [3.8, 4) is 11.5 Å². The van der Waals surface area contributed by atoms with Crippen LogP contribution in [0.15, 0.2) is 77.7 Å². The van der Waals surface area contributed by atoms with Gasteiger partial charge in [0.05, 0.1) is 23.8 Å². The molecule has 9 heteroatoms. The summed E-state index contributed by atoms with van der Waals surface area (Å²) in [5, 5.41) is 2.80. The first-order chi connectivity index (χ1) is 17.8. The van der Waals surface area contributed by atoms with Gasteiger partial charge in [0.15, 0.2) is 0 Å². The zero-order valence-electron chi connectivity index (χ0n) is 21.2. The molecule has 1 N–H and O–H groups in total. The lowest BCUT2D eigenvalue weighted by atomic mass is 10.1. The fourth-order valence-electron chi connectivity index (χ4n) is 3.68. The maximum absolute atomic E-state index is 13.5. The molecule has 3 aromatic rings. The molecule has 0 saturated carbocycles. The van der Waals surface area contributed by atoms with Crippen LogP contribution in [0.2, 0.25) is 0 Å². The third kappa shape index (κ3) is 7.95. The van der Waals surface area contributed by atoms with Crippen molar-refractivity contribution in [2.75, 3.05) is 30.6 Å². The maximum atomic E-state index is 13.5. The molecule has 3 aromatic carbocycles. The van der Waals surface area contributed by atoms with E-state index >= 15 is 0 Å². The van der Waals surface area contributed by atoms with E-state index in [4.69, 9.17) is 9.47 Å². The van der Waals surface area contributed by atoms with Gasteiger partial charge in [0, 0.05) is 6.54 Å². The Labute approximate surface area is 218 Å². The van der Waals surface area contributed by atoms with E-state index in [9.17, 15) is 17.6 Å². The quantitative estimate of drug-likeness (QED) is 0.299. The summed E-state index contributed by atoms with van der Waals surface area (Å²) in [5.41, 5.74) is 1.24. The number of benzene rings is 3. The van der Waals surface area contributed by atoms with Gasteiger partial charge in [-0.3, -0.25) is 9.10 Å². The molecule has 37 heavy (non-hydrogen) atoms. The minimum Gasteiger partial charge on any atom is -0.494 e. The van der Waals surface area contributed by atoms with Gasteiger partial charge in [-0.1, -0.05) is 25.1 Å². The number of carbonyl (C=O) groups is 1. The molecular weight excluding hydrogens is 495 g/mol. The second-order valence-corrected chi connectivity index (χ2v) is 10.2. The van der Waals surface area contributed by atoms with Gasteiger partial charge < -0.3 is 14.8 Å². The minimum absolute atomic E-state index is 0.00300. The van der Waals surface area contributed by atoms with Crippen LogP contribution in [0.4, 0.5) is 10.1 Å². The third-order valence-electron chi connectivity index (χ3n) is 5.50. The monoisotopic (exact) mass is 528 g/mol. The summed E-state index contributed by atoms with van der Waals surface area (Å²) in [5.74, 6) is 0.401. The van der Waals surface area contributed by atoms with Gasteiger partial charge >= 0.3 is 0 Å². The number of hydrogen-bond donors (Lipinski definition) is 1. The van der Waals surface area contributed by atoms with Crippen molar-refractivity contribution < 1.29 is 27.1 Å². The molecule has 0 spiro atoms. The molecule has 0 aromatic heterocycles. The highest BCUT2D eigenvalue weighted by atomic mass is 32.2. The Morgan fingerprint density at radius 1 is 0.946 bits per heavy atom. The number of nitrogens with one attached hydrogen (secondary N) is 1. The number of aryl methyl sites for hydroxylation is 1. The Hall–Kier alpha value is -3.59. The largest absolute Gasteiger partial charge is 0.494 e. The SMILES string of the molecule is CCCOc1ccccc1CCCNC(=O)CN(c1ccc(F)cc1)S(=O)(=O)c1ccc(OCC)cc1. The Balaban J connectivity index is 1.68. The van der Waals surface area contributed by atoms with Crippen LogP contribution < -0.4 is 19.1 Å². The first-order valence-corrected chi connectivity index (χ1v) is 13.8. The number of nitrogens with zero attached hydrogens (tertiary/aromatic N) is 1. The Morgan fingerprint density at radius 3 is 2.32 bits per heavy atom. The molecule has 3 rings (SSSR count). The number of rotatable bonds is 14. The predicted octanol–water partition coefficient (Wildman–Crippen LogP) is 4.96. The van der Waals surface area contributed by atoms with Crippen molar-refractivity contribution in [3.63, 3.8) is 0 Å². The maximum Gasteiger partial charge on any atom is 0.264 e. The zero-order chi connectivity index (χ0) is 26.7. The number of halogens is 1. The summed E-state index contributed by atoms with van der Waals surface area (Å²) in [7, 11) is -4.10. The molecule has 0 heterocycles. The first kappa shape index (κ1) is 28.0. The summed E-state index contributed by atoms with van der Waals surface area (Å²) in [6, 6.07) is 18.7. The molecule has 1 amide bonds. The fraction of sp³-hybridized carbons (Fsp3) is 0.321. The van der Waals surface area contributed by atoms with E-state index in [1.54, 1.807) is 12.1 Å². The second-order valence-electron chi connectivity index (χ2n) is 8.30. The molecule has 198 valence electrons.